The van der Waals surface area contributed by atoms with E-state index in [0.29, 0.717) is 21.4 Å². The Balaban J connectivity index is 1.51. The quantitative estimate of drug-likeness (QED) is 0.234. The molecular formula is C17H17N7O6S3. The predicted octanol–water partition coefficient (Wildman–Crippen LogP) is 0.941. The minimum Gasteiger partial charge on any atom is -0.477 e. The fraction of sp³-hybridized carbons (Fsp3) is 0.412. The summed E-state index contributed by atoms with van der Waals surface area (Å²) in [4.78, 5) is 49.3. The van der Waals surface area contributed by atoms with E-state index in [1.54, 1.807) is 0 Å². The summed E-state index contributed by atoms with van der Waals surface area (Å²) >= 11 is 4.05. The Kier molecular flexibility index (Phi) is 6.15. The molecule has 0 bridgehead atoms. The fourth-order valence-corrected chi connectivity index (χ4v) is 6.76. The maximum absolute atomic E-state index is 12.8. The molecule has 0 spiro atoms. The van der Waals surface area contributed by atoms with Crippen LogP contribution in [0.2, 0.25) is 0 Å². The van der Waals surface area contributed by atoms with Crippen molar-refractivity contribution in [2.45, 2.75) is 29.6 Å². The normalized spacial score (nSPS) is 19.8. The Labute approximate surface area is 198 Å². The van der Waals surface area contributed by atoms with Crippen molar-refractivity contribution in [2.75, 3.05) is 11.5 Å². The van der Waals surface area contributed by atoms with Crippen molar-refractivity contribution in [2.24, 2.45) is 7.05 Å². The number of nitro groups is 1. The van der Waals surface area contributed by atoms with Crippen LogP contribution in [-0.4, -0.2) is 75.6 Å². The number of hydrogen-bond donors (Lipinski definition) is 2. The van der Waals surface area contributed by atoms with Crippen molar-refractivity contribution in [3.05, 3.63) is 37.8 Å². The van der Waals surface area contributed by atoms with Crippen LogP contribution in [0.25, 0.3) is 0 Å². The largest absolute Gasteiger partial charge is 0.477 e. The smallest absolute Gasteiger partial charge is 0.352 e. The van der Waals surface area contributed by atoms with Gasteiger partial charge in [-0.15, -0.1) is 22.0 Å². The van der Waals surface area contributed by atoms with Crippen molar-refractivity contribution >= 4 is 58.3 Å². The van der Waals surface area contributed by atoms with E-state index >= 15 is 0 Å². The molecule has 2 atom stereocenters. The number of rotatable bonds is 7. The molecule has 0 unspecified atom stereocenters. The van der Waals surface area contributed by atoms with Crippen molar-refractivity contribution in [1.82, 2.24) is 30.2 Å². The molecule has 13 nitrogen and oxygen atoms in total. The lowest BCUT2D eigenvalue weighted by atomic mass is 10.0. The number of carbonyl (C=O) groups excluding carboxylic acids is 2. The summed E-state index contributed by atoms with van der Waals surface area (Å²) in [5.74, 6) is -2.02. The van der Waals surface area contributed by atoms with E-state index in [1.165, 1.54) is 53.5 Å². The number of amides is 2. The van der Waals surface area contributed by atoms with E-state index in [9.17, 15) is 29.6 Å². The SMILES string of the molecule is Cc1nnc(SCC2=C(C(=O)O)N3C(=O)[C@@H](NC(=O)c4nn(C)c(C)c4[N+](=O)[O-])[C@H]3SC2)s1. The van der Waals surface area contributed by atoms with Crippen LogP contribution in [-0.2, 0) is 16.6 Å². The topological polar surface area (TPSA) is 173 Å². The zero-order valence-electron chi connectivity index (χ0n) is 17.5. The molecule has 2 aliphatic heterocycles. The number of hydrogen-bond acceptors (Lipinski definition) is 11. The number of β-lactam (4-membered cyclic amide) rings is 1. The number of aliphatic carboxylic acids is 1. The number of aromatic nitrogens is 4. The monoisotopic (exact) mass is 511 g/mol. The van der Waals surface area contributed by atoms with Crippen LogP contribution in [0.1, 0.15) is 21.2 Å². The summed E-state index contributed by atoms with van der Waals surface area (Å²) < 4.78 is 1.91. The summed E-state index contributed by atoms with van der Waals surface area (Å²) in [6, 6.07) is -1.02. The molecule has 16 heteroatoms. The Hall–Kier alpha value is -2.98. The molecule has 0 radical (unpaired) electrons. The number of carbonyl (C=O) groups is 3. The summed E-state index contributed by atoms with van der Waals surface area (Å²) in [5, 5.41) is 35.6. The fourth-order valence-electron chi connectivity index (χ4n) is 3.46. The van der Waals surface area contributed by atoms with Crippen molar-refractivity contribution in [3.63, 3.8) is 0 Å². The molecule has 4 rings (SSSR count). The maximum Gasteiger partial charge on any atom is 0.352 e. The second kappa shape index (κ2) is 8.75. The van der Waals surface area contributed by atoms with Gasteiger partial charge in [0, 0.05) is 18.6 Å². The lowest BCUT2D eigenvalue weighted by Gasteiger charge is -2.49. The van der Waals surface area contributed by atoms with Crippen molar-refractivity contribution in [1.29, 1.82) is 0 Å². The Morgan fingerprint density at radius 2 is 2.09 bits per heavy atom. The number of nitrogens with one attached hydrogen (secondary N) is 1. The van der Waals surface area contributed by atoms with Gasteiger partial charge in [-0.2, -0.15) is 5.10 Å². The van der Waals surface area contributed by atoms with Gasteiger partial charge < -0.3 is 10.4 Å². The number of aryl methyl sites for hydroxylation is 2. The van der Waals surface area contributed by atoms with E-state index in [2.05, 4.69) is 20.6 Å². The second-order valence-electron chi connectivity index (χ2n) is 7.16. The molecule has 2 aromatic rings. The van der Waals surface area contributed by atoms with Crippen LogP contribution in [0.4, 0.5) is 5.69 Å². The van der Waals surface area contributed by atoms with Gasteiger partial charge >= 0.3 is 11.7 Å². The number of nitrogens with zero attached hydrogens (tertiary/aromatic N) is 6. The molecule has 2 aromatic heterocycles. The highest BCUT2D eigenvalue weighted by Gasteiger charge is 2.54. The molecule has 0 aliphatic carbocycles. The van der Waals surface area contributed by atoms with Gasteiger partial charge in [0.15, 0.2) is 4.34 Å². The van der Waals surface area contributed by atoms with Crippen LogP contribution in [0.15, 0.2) is 15.6 Å². The van der Waals surface area contributed by atoms with Crippen molar-refractivity contribution in [3.8, 4) is 0 Å². The molecule has 2 amide bonds. The first-order valence-corrected chi connectivity index (χ1v) is 12.3. The number of carboxylic acids is 1. The highest BCUT2D eigenvalue weighted by atomic mass is 32.2. The number of carboxylic acid groups (broad SMARTS) is 1. The highest BCUT2D eigenvalue weighted by molar-refractivity contribution is 8.01. The predicted molar refractivity (Wildman–Crippen MR) is 119 cm³/mol. The van der Waals surface area contributed by atoms with Crippen LogP contribution in [0.3, 0.4) is 0 Å². The summed E-state index contributed by atoms with van der Waals surface area (Å²) in [6.45, 7) is 3.28. The molecule has 2 aliphatic rings. The lowest BCUT2D eigenvalue weighted by molar-refractivity contribution is -0.385. The summed E-state index contributed by atoms with van der Waals surface area (Å²) in [6.07, 6.45) is 0. The number of thioether (sulfide) groups is 2. The zero-order chi connectivity index (χ0) is 24.0. The molecular weight excluding hydrogens is 494 g/mol. The lowest BCUT2D eigenvalue weighted by Crippen LogP contribution is -2.70. The third kappa shape index (κ3) is 4.08. The van der Waals surface area contributed by atoms with Gasteiger partial charge in [-0.3, -0.25) is 29.3 Å². The number of fused-ring (bicyclic) bond motifs is 1. The van der Waals surface area contributed by atoms with Gasteiger partial charge in [-0.05, 0) is 19.4 Å². The van der Waals surface area contributed by atoms with Gasteiger partial charge in [-0.25, -0.2) is 4.79 Å². The average Bonchev–Trinajstić information content (AvgIpc) is 3.31. The van der Waals surface area contributed by atoms with E-state index in [1.807, 2.05) is 6.92 Å². The molecule has 174 valence electrons. The standard InChI is InChI=1S/C17H17N7O6S3/c1-6-11(24(29)30)9(21-22(6)3)13(25)18-10-14(26)23-12(16(27)28)8(4-31-15(10)23)5-32-17-20-19-7(2)33-17/h10,15H,4-5H2,1-3H3,(H,18,25)(H,27,28)/t10-,15-/m1/s1. The van der Waals surface area contributed by atoms with Gasteiger partial charge in [-0.1, -0.05) is 23.1 Å². The third-order valence-corrected chi connectivity index (χ3v) is 8.51. The minimum atomic E-state index is -1.24. The van der Waals surface area contributed by atoms with Crippen LogP contribution in [0.5, 0.6) is 0 Å². The van der Waals surface area contributed by atoms with Gasteiger partial charge in [0.2, 0.25) is 5.69 Å². The molecule has 33 heavy (non-hydrogen) atoms. The molecule has 1 saturated heterocycles. The van der Waals surface area contributed by atoms with E-state index in [0.717, 1.165) is 9.91 Å². The molecule has 0 aromatic carbocycles. The van der Waals surface area contributed by atoms with Crippen LogP contribution >= 0.6 is 34.9 Å². The molecule has 1 fully saturated rings. The zero-order valence-corrected chi connectivity index (χ0v) is 19.9. The molecule has 4 heterocycles. The van der Waals surface area contributed by atoms with Crippen LogP contribution in [0, 0.1) is 24.0 Å². The third-order valence-electron chi connectivity index (χ3n) is 5.11. The van der Waals surface area contributed by atoms with Gasteiger partial charge in [0.05, 0.1) is 4.92 Å². The average molecular weight is 512 g/mol. The van der Waals surface area contributed by atoms with E-state index in [4.69, 9.17) is 0 Å². The minimum absolute atomic E-state index is 0.109. The summed E-state index contributed by atoms with van der Waals surface area (Å²) in [7, 11) is 1.47. The highest BCUT2D eigenvalue weighted by Crippen LogP contribution is 2.42. The Morgan fingerprint density at radius 3 is 2.70 bits per heavy atom. The first-order chi connectivity index (χ1) is 15.6. The molecule has 2 N–H and O–H groups in total. The second-order valence-corrected chi connectivity index (χ2v) is 10.7. The first-order valence-electron chi connectivity index (χ1n) is 9.42. The Bertz CT molecular complexity index is 1220. The van der Waals surface area contributed by atoms with Crippen molar-refractivity contribution < 1.29 is 24.4 Å². The van der Waals surface area contributed by atoms with Gasteiger partial charge in [0.25, 0.3) is 11.8 Å². The van der Waals surface area contributed by atoms with Crippen LogP contribution < -0.4 is 5.32 Å². The molecule has 0 saturated carbocycles. The first kappa shape index (κ1) is 23.2. The maximum atomic E-state index is 12.8. The van der Waals surface area contributed by atoms with E-state index < -0.39 is 45.5 Å². The Morgan fingerprint density at radius 1 is 1.36 bits per heavy atom. The van der Waals surface area contributed by atoms with Gasteiger partial charge in [0.1, 0.15) is 27.8 Å². The van der Waals surface area contributed by atoms with E-state index in [-0.39, 0.29) is 11.4 Å². The summed E-state index contributed by atoms with van der Waals surface area (Å²) in [5.41, 5.74) is -0.182.